The van der Waals surface area contributed by atoms with Gasteiger partial charge in [-0.25, -0.2) is 4.39 Å². The molecule has 1 amide bonds. The van der Waals surface area contributed by atoms with E-state index >= 15 is 0 Å². The summed E-state index contributed by atoms with van der Waals surface area (Å²) in [5.41, 5.74) is 1.21. The Balaban J connectivity index is 1.56. The first-order valence-corrected chi connectivity index (χ1v) is 9.75. The first-order chi connectivity index (χ1) is 15.0. The zero-order chi connectivity index (χ0) is 22.0. The third-order valence-electron chi connectivity index (χ3n) is 4.58. The van der Waals surface area contributed by atoms with E-state index in [-0.39, 0.29) is 5.69 Å². The predicted molar refractivity (Wildman–Crippen MR) is 110 cm³/mol. The predicted octanol–water partition coefficient (Wildman–Crippen LogP) is 3.01. The van der Waals surface area contributed by atoms with Crippen LogP contribution < -0.4 is 5.32 Å². The number of carbonyl (C=O) groups is 1. The monoisotopic (exact) mass is 441 g/mol. The summed E-state index contributed by atoms with van der Waals surface area (Å²) in [4.78, 5) is 14.1. The van der Waals surface area contributed by atoms with Crippen molar-refractivity contribution >= 4 is 23.2 Å². The number of carbonyl (C=O) groups excluding carboxylic acids is 1. The van der Waals surface area contributed by atoms with E-state index in [1.54, 1.807) is 38.1 Å². The number of hydrogen-bond donors (Lipinski definition) is 1. The SMILES string of the molecule is CCC(C(=O)Nc1cc(-n2nnnc2C)ccc1F)n1nnc(-c2ccc(Cl)cc2)n1. The molecule has 31 heavy (non-hydrogen) atoms. The van der Waals surface area contributed by atoms with Gasteiger partial charge in [-0.3, -0.25) is 4.79 Å². The highest BCUT2D eigenvalue weighted by atomic mass is 35.5. The first kappa shape index (κ1) is 20.5. The van der Waals surface area contributed by atoms with Crippen LogP contribution in [0, 0.1) is 12.7 Å². The second-order valence-corrected chi connectivity index (χ2v) is 7.09. The molecule has 0 aliphatic heterocycles. The van der Waals surface area contributed by atoms with E-state index in [2.05, 4.69) is 36.3 Å². The van der Waals surface area contributed by atoms with Gasteiger partial charge >= 0.3 is 0 Å². The third kappa shape index (κ3) is 4.26. The number of anilines is 1. The Morgan fingerprint density at radius 3 is 2.61 bits per heavy atom. The zero-order valence-electron chi connectivity index (χ0n) is 16.6. The smallest absolute Gasteiger partial charge is 0.251 e. The minimum Gasteiger partial charge on any atom is -0.322 e. The van der Waals surface area contributed by atoms with E-state index in [1.165, 1.54) is 27.7 Å². The van der Waals surface area contributed by atoms with Crippen molar-refractivity contribution < 1.29 is 9.18 Å². The number of tetrazole rings is 2. The molecule has 2 heterocycles. The maximum Gasteiger partial charge on any atom is 0.251 e. The second-order valence-electron chi connectivity index (χ2n) is 6.66. The van der Waals surface area contributed by atoms with Crippen molar-refractivity contribution in [2.45, 2.75) is 26.3 Å². The highest BCUT2D eigenvalue weighted by Crippen LogP contribution is 2.22. The molecule has 2 aromatic heterocycles. The van der Waals surface area contributed by atoms with E-state index in [0.29, 0.717) is 34.3 Å². The highest BCUT2D eigenvalue weighted by molar-refractivity contribution is 6.30. The Hall–Kier alpha value is -3.73. The van der Waals surface area contributed by atoms with Crippen LogP contribution >= 0.6 is 11.6 Å². The van der Waals surface area contributed by atoms with Gasteiger partial charge in [0.05, 0.1) is 11.4 Å². The minimum atomic E-state index is -0.786. The Morgan fingerprint density at radius 2 is 1.94 bits per heavy atom. The number of halogens is 2. The normalized spacial score (nSPS) is 12.0. The number of hydrogen-bond acceptors (Lipinski definition) is 7. The van der Waals surface area contributed by atoms with Crippen molar-refractivity contribution in [3.05, 3.63) is 59.1 Å². The zero-order valence-corrected chi connectivity index (χ0v) is 17.3. The van der Waals surface area contributed by atoms with E-state index < -0.39 is 17.8 Å². The lowest BCUT2D eigenvalue weighted by atomic mass is 10.2. The van der Waals surface area contributed by atoms with Crippen LogP contribution in [0.1, 0.15) is 25.2 Å². The molecular formula is C19H17ClFN9O. The van der Waals surface area contributed by atoms with Gasteiger partial charge in [-0.15, -0.1) is 15.3 Å². The lowest BCUT2D eigenvalue weighted by Gasteiger charge is -2.14. The van der Waals surface area contributed by atoms with Gasteiger partial charge in [0.15, 0.2) is 11.9 Å². The van der Waals surface area contributed by atoms with Gasteiger partial charge in [-0.05, 0) is 71.4 Å². The molecule has 0 radical (unpaired) electrons. The molecule has 0 saturated carbocycles. The molecule has 158 valence electrons. The largest absolute Gasteiger partial charge is 0.322 e. The summed E-state index contributed by atoms with van der Waals surface area (Å²) in [6.07, 6.45) is 0.371. The van der Waals surface area contributed by atoms with Gasteiger partial charge in [0.1, 0.15) is 5.82 Å². The van der Waals surface area contributed by atoms with Crippen LogP contribution in [0.15, 0.2) is 42.5 Å². The van der Waals surface area contributed by atoms with E-state index in [1.807, 2.05) is 0 Å². The summed E-state index contributed by atoms with van der Waals surface area (Å²) >= 11 is 5.90. The molecule has 0 fully saturated rings. The van der Waals surface area contributed by atoms with Crippen LogP contribution in [0.2, 0.25) is 5.02 Å². The van der Waals surface area contributed by atoms with Crippen LogP contribution in [0.25, 0.3) is 17.1 Å². The lowest BCUT2D eigenvalue weighted by molar-refractivity contribution is -0.120. The minimum absolute atomic E-state index is 0.00566. The van der Waals surface area contributed by atoms with Gasteiger partial charge in [0, 0.05) is 10.6 Å². The van der Waals surface area contributed by atoms with Crippen LogP contribution in [0.4, 0.5) is 10.1 Å². The van der Waals surface area contributed by atoms with Gasteiger partial charge in [0.2, 0.25) is 5.82 Å². The number of rotatable bonds is 6. The van der Waals surface area contributed by atoms with Crippen molar-refractivity contribution in [3.8, 4) is 17.1 Å². The molecule has 1 atom stereocenters. The topological polar surface area (TPSA) is 116 Å². The Kier molecular flexibility index (Phi) is 5.67. The highest BCUT2D eigenvalue weighted by Gasteiger charge is 2.23. The van der Waals surface area contributed by atoms with Gasteiger partial charge in [-0.2, -0.15) is 9.48 Å². The average Bonchev–Trinajstić information content (AvgIpc) is 3.40. The van der Waals surface area contributed by atoms with Crippen molar-refractivity contribution in [2.75, 3.05) is 5.32 Å². The lowest BCUT2D eigenvalue weighted by Crippen LogP contribution is -2.27. The number of benzene rings is 2. The van der Waals surface area contributed by atoms with Crippen molar-refractivity contribution in [2.24, 2.45) is 0 Å². The van der Waals surface area contributed by atoms with Crippen LogP contribution in [0.5, 0.6) is 0 Å². The standard InChI is InChI=1S/C19H17ClFN9O/c1-3-17(30-25-18(24-27-30)12-4-6-13(20)7-5-12)19(31)22-16-10-14(8-9-15(16)21)29-11(2)23-26-28-29/h4-10,17H,3H2,1-2H3,(H,22,31). The van der Waals surface area contributed by atoms with E-state index in [9.17, 15) is 9.18 Å². The summed E-state index contributed by atoms with van der Waals surface area (Å²) in [5.74, 6) is -0.194. The Bertz CT molecular complexity index is 1220. The fourth-order valence-corrected chi connectivity index (χ4v) is 3.08. The molecule has 0 saturated heterocycles. The maximum absolute atomic E-state index is 14.4. The van der Waals surface area contributed by atoms with Gasteiger partial charge in [-0.1, -0.05) is 18.5 Å². The van der Waals surface area contributed by atoms with E-state index in [4.69, 9.17) is 11.6 Å². The molecule has 0 aliphatic rings. The summed E-state index contributed by atoms with van der Waals surface area (Å²) in [5, 5.41) is 26.7. The molecule has 0 bridgehead atoms. The maximum atomic E-state index is 14.4. The molecule has 2 aromatic carbocycles. The van der Waals surface area contributed by atoms with Crippen LogP contribution in [-0.4, -0.2) is 46.3 Å². The number of nitrogens with zero attached hydrogens (tertiary/aromatic N) is 8. The number of nitrogens with one attached hydrogen (secondary N) is 1. The van der Waals surface area contributed by atoms with Crippen LogP contribution in [0.3, 0.4) is 0 Å². The molecule has 0 spiro atoms. The summed E-state index contributed by atoms with van der Waals surface area (Å²) in [6.45, 7) is 3.51. The summed E-state index contributed by atoms with van der Waals surface area (Å²) in [6, 6.07) is 10.4. The molecule has 4 aromatic rings. The molecular weight excluding hydrogens is 425 g/mol. The first-order valence-electron chi connectivity index (χ1n) is 9.37. The van der Waals surface area contributed by atoms with E-state index in [0.717, 1.165) is 0 Å². The molecule has 1 unspecified atom stereocenters. The van der Waals surface area contributed by atoms with Crippen molar-refractivity contribution in [1.82, 2.24) is 40.4 Å². The number of amides is 1. The molecule has 10 nitrogen and oxygen atoms in total. The van der Waals surface area contributed by atoms with Gasteiger partial charge < -0.3 is 5.32 Å². The second kappa shape index (κ2) is 8.56. The summed E-state index contributed by atoms with van der Waals surface area (Å²) < 4.78 is 15.8. The van der Waals surface area contributed by atoms with Crippen molar-refractivity contribution in [1.29, 1.82) is 0 Å². The summed E-state index contributed by atoms with van der Waals surface area (Å²) in [7, 11) is 0. The third-order valence-corrected chi connectivity index (χ3v) is 4.83. The average molecular weight is 442 g/mol. The molecule has 1 N–H and O–H groups in total. The fraction of sp³-hybridized carbons (Fsp3) is 0.211. The van der Waals surface area contributed by atoms with Crippen LogP contribution in [-0.2, 0) is 4.79 Å². The molecule has 4 rings (SSSR count). The molecule has 12 heteroatoms. The fourth-order valence-electron chi connectivity index (χ4n) is 2.95. The Morgan fingerprint density at radius 1 is 1.16 bits per heavy atom. The number of aromatic nitrogens is 8. The van der Waals surface area contributed by atoms with Gasteiger partial charge in [0.25, 0.3) is 5.91 Å². The quantitative estimate of drug-likeness (QED) is 0.488. The molecule has 0 aliphatic carbocycles. The van der Waals surface area contributed by atoms with Crippen molar-refractivity contribution in [3.63, 3.8) is 0 Å². The Labute approximate surface area is 181 Å². The number of aryl methyl sites for hydroxylation is 1.